The van der Waals surface area contributed by atoms with E-state index in [0.29, 0.717) is 0 Å². The van der Waals surface area contributed by atoms with Crippen LogP contribution in [-0.2, 0) is 0 Å². The molecule has 5 heteroatoms. The minimum atomic E-state index is 0. The third-order valence-corrected chi connectivity index (χ3v) is 0.957. The Morgan fingerprint density at radius 1 is 0.889 bits per heavy atom. The first-order valence-corrected chi connectivity index (χ1v) is 2.93. The van der Waals surface area contributed by atoms with E-state index >= 15 is 0 Å². The van der Waals surface area contributed by atoms with E-state index in [4.69, 9.17) is 10.0 Å². The summed E-state index contributed by atoms with van der Waals surface area (Å²) in [5.41, 5.74) is 0. The molecule has 0 saturated carbocycles. The fourth-order valence-electron chi connectivity index (χ4n) is 0.604. The summed E-state index contributed by atoms with van der Waals surface area (Å²) < 4.78 is 0. The fourth-order valence-corrected chi connectivity index (χ4v) is 0.604. The second-order valence-corrected chi connectivity index (χ2v) is 1.62. The first-order valence-electron chi connectivity index (χ1n) is 2.93. The summed E-state index contributed by atoms with van der Waals surface area (Å²) in [4.78, 5) is 0. The molecule has 0 aromatic heterocycles. The largest absolute Gasteiger partial charge is 0.482 e. The first kappa shape index (κ1) is 8.90. The molecule has 0 aliphatic carbocycles. The van der Waals surface area contributed by atoms with Crippen LogP contribution < -0.4 is 10.6 Å². The molecular formula is C4H12BN2O2. The highest BCUT2D eigenvalue weighted by molar-refractivity contribution is 6.13. The van der Waals surface area contributed by atoms with Crippen LogP contribution in [0.5, 0.6) is 0 Å². The van der Waals surface area contributed by atoms with Crippen molar-refractivity contribution in [3.05, 3.63) is 0 Å². The van der Waals surface area contributed by atoms with Gasteiger partial charge in [-0.3, -0.25) is 0 Å². The van der Waals surface area contributed by atoms with Gasteiger partial charge in [-0.25, -0.2) is 0 Å². The average Bonchev–Trinajstić information content (AvgIpc) is 1.93. The molecule has 0 aromatic carbocycles. The molecule has 0 amide bonds. The van der Waals surface area contributed by atoms with Gasteiger partial charge in [0.1, 0.15) is 0 Å². The van der Waals surface area contributed by atoms with E-state index in [1.54, 1.807) is 0 Å². The Morgan fingerprint density at radius 3 is 1.22 bits per heavy atom. The highest BCUT2D eigenvalue weighted by atomic mass is 16.4. The first-order chi connectivity index (χ1) is 4.41. The Bertz CT molecular complexity index is 40.3. The van der Waals surface area contributed by atoms with Crippen molar-refractivity contribution in [2.45, 2.75) is 0 Å². The summed E-state index contributed by atoms with van der Waals surface area (Å²) in [5, 5.41) is 20.4. The van der Waals surface area contributed by atoms with Crippen molar-refractivity contribution in [1.29, 1.82) is 0 Å². The third-order valence-electron chi connectivity index (χ3n) is 0.957. The molecule has 1 rings (SSSR count). The molecule has 0 unspecified atom stereocenters. The number of nitrogens with one attached hydrogen (secondary N) is 2. The summed E-state index contributed by atoms with van der Waals surface area (Å²) in [6.45, 7) is 4.56. The van der Waals surface area contributed by atoms with Gasteiger partial charge in [-0.1, -0.05) is 0 Å². The molecule has 0 bridgehead atoms. The van der Waals surface area contributed by atoms with E-state index < -0.39 is 0 Å². The Kier molecular flexibility index (Phi) is 7.82. The normalized spacial score (nSPS) is 17.6. The van der Waals surface area contributed by atoms with Crippen LogP contribution in [0.25, 0.3) is 0 Å². The lowest BCUT2D eigenvalue weighted by Gasteiger charge is -2.11. The number of hydrogen-bond acceptors (Lipinski definition) is 4. The zero-order chi connectivity index (χ0) is 6.95. The third kappa shape index (κ3) is 7.90. The maximum absolute atomic E-state index is 7.00. The van der Waals surface area contributed by atoms with Gasteiger partial charge >= 0.3 is 7.69 Å². The van der Waals surface area contributed by atoms with Crippen molar-refractivity contribution in [2.75, 3.05) is 26.2 Å². The summed E-state index contributed by atoms with van der Waals surface area (Å²) >= 11 is 0. The Labute approximate surface area is 55.6 Å². The highest BCUT2D eigenvalue weighted by Gasteiger charge is 1.91. The SMILES string of the molecule is C1CNCCN1.O[B]O. The minimum absolute atomic E-state index is 0. The topological polar surface area (TPSA) is 64.5 Å². The smallest absolute Gasteiger partial charge is 0.429 e. The van der Waals surface area contributed by atoms with Crippen molar-refractivity contribution < 1.29 is 10.0 Å². The van der Waals surface area contributed by atoms with Crippen LogP contribution in [-0.4, -0.2) is 43.9 Å². The zero-order valence-corrected chi connectivity index (χ0v) is 5.30. The molecule has 0 aromatic rings. The number of piperazine rings is 1. The Morgan fingerprint density at radius 2 is 1.11 bits per heavy atom. The maximum atomic E-state index is 7.00. The van der Waals surface area contributed by atoms with E-state index in [-0.39, 0.29) is 7.69 Å². The van der Waals surface area contributed by atoms with Gasteiger partial charge in [-0.15, -0.1) is 0 Å². The second kappa shape index (κ2) is 7.90. The Balaban J connectivity index is 0.000000187. The molecule has 1 aliphatic heterocycles. The van der Waals surface area contributed by atoms with E-state index in [9.17, 15) is 0 Å². The zero-order valence-electron chi connectivity index (χ0n) is 5.30. The molecule has 4 N–H and O–H groups in total. The van der Waals surface area contributed by atoms with Crippen molar-refractivity contribution in [2.24, 2.45) is 0 Å². The molecule has 1 radical (unpaired) electrons. The van der Waals surface area contributed by atoms with Crippen molar-refractivity contribution in [1.82, 2.24) is 10.6 Å². The van der Waals surface area contributed by atoms with Gasteiger partial charge < -0.3 is 20.7 Å². The summed E-state index contributed by atoms with van der Waals surface area (Å²) in [7, 11) is 0. The molecular weight excluding hydrogens is 119 g/mol. The molecule has 53 valence electrons. The lowest BCUT2D eigenvalue weighted by atomic mass is 10.4. The monoisotopic (exact) mass is 131 g/mol. The van der Waals surface area contributed by atoms with E-state index in [1.807, 2.05) is 0 Å². The van der Waals surface area contributed by atoms with Gasteiger partial charge in [0, 0.05) is 26.2 Å². The van der Waals surface area contributed by atoms with Gasteiger partial charge in [0.2, 0.25) is 0 Å². The number of hydrogen-bond donors (Lipinski definition) is 4. The van der Waals surface area contributed by atoms with Gasteiger partial charge in [0.05, 0.1) is 0 Å². The van der Waals surface area contributed by atoms with Crippen LogP contribution in [0.4, 0.5) is 0 Å². The molecule has 0 spiro atoms. The summed E-state index contributed by atoms with van der Waals surface area (Å²) in [6.07, 6.45) is 0. The predicted molar refractivity (Wildman–Crippen MR) is 35.9 cm³/mol. The van der Waals surface area contributed by atoms with Crippen LogP contribution >= 0.6 is 0 Å². The van der Waals surface area contributed by atoms with Crippen molar-refractivity contribution in [3.63, 3.8) is 0 Å². The molecule has 4 nitrogen and oxygen atoms in total. The van der Waals surface area contributed by atoms with Crippen LogP contribution in [0.2, 0.25) is 0 Å². The van der Waals surface area contributed by atoms with Gasteiger partial charge in [0.15, 0.2) is 0 Å². The van der Waals surface area contributed by atoms with Crippen LogP contribution in [0.1, 0.15) is 0 Å². The van der Waals surface area contributed by atoms with Crippen LogP contribution in [0.3, 0.4) is 0 Å². The number of rotatable bonds is 0. The highest BCUT2D eigenvalue weighted by Crippen LogP contribution is 1.65. The fraction of sp³-hybridized carbons (Fsp3) is 1.00. The van der Waals surface area contributed by atoms with Crippen molar-refractivity contribution in [3.8, 4) is 0 Å². The standard InChI is InChI=1S/C4H10N2.BH2O2/c1-2-6-4-3-5-1;2-1-3/h5-6H,1-4H2;2-3H. The molecule has 1 aliphatic rings. The molecule has 0 atom stereocenters. The van der Waals surface area contributed by atoms with Crippen LogP contribution in [0.15, 0.2) is 0 Å². The maximum Gasteiger partial charge on any atom is 0.482 e. The second-order valence-electron chi connectivity index (χ2n) is 1.62. The molecule has 9 heavy (non-hydrogen) atoms. The quantitative estimate of drug-likeness (QED) is 0.279. The lowest BCUT2D eigenvalue weighted by Crippen LogP contribution is -2.39. The average molecular weight is 131 g/mol. The van der Waals surface area contributed by atoms with Crippen molar-refractivity contribution >= 4 is 7.69 Å². The molecule has 1 saturated heterocycles. The van der Waals surface area contributed by atoms with Gasteiger partial charge in [0.25, 0.3) is 0 Å². The predicted octanol–water partition coefficient (Wildman–Crippen LogP) is -2.32. The summed E-state index contributed by atoms with van der Waals surface area (Å²) in [6, 6.07) is 0. The molecule has 1 fully saturated rings. The molecule has 1 heterocycles. The minimum Gasteiger partial charge on any atom is -0.429 e. The van der Waals surface area contributed by atoms with E-state index in [1.165, 1.54) is 0 Å². The van der Waals surface area contributed by atoms with Gasteiger partial charge in [-0.05, 0) is 0 Å². The summed E-state index contributed by atoms with van der Waals surface area (Å²) in [5.74, 6) is 0. The van der Waals surface area contributed by atoms with Crippen LogP contribution in [0, 0.1) is 0 Å². The Hall–Kier alpha value is -0.0951. The van der Waals surface area contributed by atoms with Gasteiger partial charge in [-0.2, -0.15) is 0 Å². The van der Waals surface area contributed by atoms with E-state index in [2.05, 4.69) is 10.6 Å². The van der Waals surface area contributed by atoms with E-state index in [0.717, 1.165) is 26.2 Å². The lowest BCUT2D eigenvalue weighted by molar-refractivity contribution is 0.448.